The molecule has 0 spiro atoms. The Balaban J connectivity index is 2.03. The smallest absolute Gasteiger partial charge is 0.338 e. The van der Waals surface area contributed by atoms with Gasteiger partial charge in [0.05, 0.1) is 23.5 Å². The first-order valence-electron chi connectivity index (χ1n) is 6.48. The standard InChI is InChI=1S/C14H20N2O2/c1-3-9-8-13(9)16-12-6-5-10(7-11(12)15)14(17)18-4-2/h5-7,9,13,16H,3-4,8,15H2,1-2H3. The number of hydrogen-bond acceptors (Lipinski definition) is 4. The zero-order chi connectivity index (χ0) is 13.1. The Kier molecular flexibility index (Phi) is 3.75. The van der Waals surface area contributed by atoms with Gasteiger partial charge in [-0.3, -0.25) is 0 Å². The van der Waals surface area contributed by atoms with Gasteiger partial charge in [-0.15, -0.1) is 0 Å². The van der Waals surface area contributed by atoms with E-state index in [1.54, 1.807) is 19.1 Å². The predicted molar refractivity (Wildman–Crippen MR) is 72.6 cm³/mol. The number of carbonyl (C=O) groups excluding carboxylic acids is 1. The van der Waals surface area contributed by atoms with E-state index in [1.165, 1.54) is 12.8 Å². The van der Waals surface area contributed by atoms with E-state index in [0.29, 0.717) is 23.9 Å². The van der Waals surface area contributed by atoms with E-state index < -0.39 is 0 Å². The molecule has 4 heteroatoms. The number of ether oxygens (including phenoxy) is 1. The molecular weight excluding hydrogens is 228 g/mol. The SMILES string of the molecule is CCOC(=O)c1ccc(NC2CC2CC)c(N)c1. The van der Waals surface area contributed by atoms with Crippen LogP contribution in [0, 0.1) is 5.92 Å². The minimum absolute atomic E-state index is 0.325. The Morgan fingerprint density at radius 3 is 2.83 bits per heavy atom. The normalized spacial score (nSPS) is 21.4. The molecule has 2 atom stereocenters. The maximum absolute atomic E-state index is 11.5. The molecule has 18 heavy (non-hydrogen) atoms. The number of nitrogens with two attached hydrogens (primary N) is 1. The van der Waals surface area contributed by atoms with Crippen molar-refractivity contribution in [2.24, 2.45) is 5.92 Å². The summed E-state index contributed by atoms with van der Waals surface area (Å²) in [6.45, 7) is 4.35. The Hall–Kier alpha value is -1.71. The van der Waals surface area contributed by atoms with E-state index in [2.05, 4.69) is 12.2 Å². The van der Waals surface area contributed by atoms with Gasteiger partial charge >= 0.3 is 5.97 Å². The molecule has 0 aliphatic heterocycles. The summed E-state index contributed by atoms with van der Waals surface area (Å²) in [7, 11) is 0. The first kappa shape index (κ1) is 12.7. The van der Waals surface area contributed by atoms with Crippen LogP contribution in [-0.2, 0) is 4.74 Å². The number of hydrogen-bond donors (Lipinski definition) is 2. The number of rotatable bonds is 5. The van der Waals surface area contributed by atoms with Crippen LogP contribution in [0.1, 0.15) is 37.0 Å². The number of nitrogen functional groups attached to an aromatic ring is 1. The van der Waals surface area contributed by atoms with Crippen molar-refractivity contribution in [2.75, 3.05) is 17.7 Å². The van der Waals surface area contributed by atoms with Crippen molar-refractivity contribution in [3.05, 3.63) is 23.8 Å². The lowest BCUT2D eigenvalue weighted by atomic mass is 10.1. The van der Waals surface area contributed by atoms with Crippen molar-refractivity contribution >= 4 is 17.3 Å². The fourth-order valence-corrected chi connectivity index (χ4v) is 2.11. The van der Waals surface area contributed by atoms with Crippen LogP contribution in [0.25, 0.3) is 0 Å². The van der Waals surface area contributed by atoms with Gasteiger partial charge < -0.3 is 15.8 Å². The molecule has 2 unspecified atom stereocenters. The molecule has 0 bridgehead atoms. The van der Waals surface area contributed by atoms with E-state index in [-0.39, 0.29) is 5.97 Å². The summed E-state index contributed by atoms with van der Waals surface area (Å²) >= 11 is 0. The molecule has 0 saturated heterocycles. The molecular formula is C14H20N2O2. The summed E-state index contributed by atoms with van der Waals surface area (Å²) in [5.41, 5.74) is 7.96. The highest BCUT2D eigenvalue weighted by Gasteiger charge is 2.35. The van der Waals surface area contributed by atoms with Crippen molar-refractivity contribution in [1.82, 2.24) is 0 Å². The predicted octanol–water partition coefficient (Wildman–Crippen LogP) is 2.66. The van der Waals surface area contributed by atoms with Gasteiger partial charge in [-0.2, -0.15) is 0 Å². The van der Waals surface area contributed by atoms with Crippen molar-refractivity contribution < 1.29 is 9.53 Å². The quantitative estimate of drug-likeness (QED) is 0.621. The molecule has 1 fully saturated rings. The minimum Gasteiger partial charge on any atom is -0.462 e. The maximum atomic E-state index is 11.5. The van der Waals surface area contributed by atoms with Gasteiger partial charge in [-0.1, -0.05) is 13.3 Å². The van der Waals surface area contributed by atoms with Crippen molar-refractivity contribution in [3.63, 3.8) is 0 Å². The van der Waals surface area contributed by atoms with Gasteiger partial charge in [0.15, 0.2) is 0 Å². The van der Waals surface area contributed by atoms with Crippen LogP contribution in [0.15, 0.2) is 18.2 Å². The highest BCUT2D eigenvalue weighted by atomic mass is 16.5. The minimum atomic E-state index is -0.325. The molecule has 0 aromatic heterocycles. The molecule has 0 heterocycles. The second kappa shape index (κ2) is 5.29. The number of benzene rings is 1. The average molecular weight is 248 g/mol. The Morgan fingerprint density at radius 1 is 1.50 bits per heavy atom. The average Bonchev–Trinajstić information content (AvgIpc) is 3.10. The summed E-state index contributed by atoms with van der Waals surface area (Å²) in [5, 5.41) is 3.41. The van der Waals surface area contributed by atoms with E-state index >= 15 is 0 Å². The van der Waals surface area contributed by atoms with Crippen LogP contribution in [0.3, 0.4) is 0 Å². The monoisotopic (exact) mass is 248 g/mol. The van der Waals surface area contributed by atoms with Crippen LogP contribution in [0.2, 0.25) is 0 Å². The van der Waals surface area contributed by atoms with E-state index in [1.807, 2.05) is 6.07 Å². The van der Waals surface area contributed by atoms with E-state index in [0.717, 1.165) is 11.6 Å². The lowest BCUT2D eigenvalue weighted by Crippen LogP contribution is -2.09. The number of carbonyl (C=O) groups is 1. The number of esters is 1. The van der Waals surface area contributed by atoms with Crippen LogP contribution in [0.4, 0.5) is 11.4 Å². The third-order valence-electron chi connectivity index (χ3n) is 3.35. The topological polar surface area (TPSA) is 64.3 Å². The molecule has 1 aromatic rings. The maximum Gasteiger partial charge on any atom is 0.338 e. The molecule has 2 rings (SSSR count). The van der Waals surface area contributed by atoms with Crippen LogP contribution >= 0.6 is 0 Å². The number of anilines is 2. The molecule has 98 valence electrons. The van der Waals surface area contributed by atoms with E-state index in [4.69, 9.17) is 10.5 Å². The van der Waals surface area contributed by atoms with Gasteiger partial charge in [0.1, 0.15) is 0 Å². The van der Waals surface area contributed by atoms with Crippen LogP contribution in [-0.4, -0.2) is 18.6 Å². The molecule has 3 N–H and O–H groups in total. The fourth-order valence-electron chi connectivity index (χ4n) is 2.11. The van der Waals surface area contributed by atoms with Gasteiger partial charge in [-0.25, -0.2) is 4.79 Å². The summed E-state index contributed by atoms with van der Waals surface area (Å²) in [5.74, 6) is 0.433. The van der Waals surface area contributed by atoms with Crippen molar-refractivity contribution in [3.8, 4) is 0 Å². The molecule has 0 radical (unpaired) electrons. The summed E-state index contributed by atoms with van der Waals surface area (Å²) < 4.78 is 4.94. The molecule has 0 amide bonds. The second-order valence-corrected chi connectivity index (χ2v) is 4.68. The molecule has 1 aromatic carbocycles. The van der Waals surface area contributed by atoms with E-state index in [9.17, 15) is 4.79 Å². The third kappa shape index (κ3) is 2.75. The Bertz CT molecular complexity index is 445. The van der Waals surface area contributed by atoms with Crippen LogP contribution < -0.4 is 11.1 Å². The Labute approximate surface area is 108 Å². The lowest BCUT2D eigenvalue weighted by molar-refractivity contribution is 0.0526. The first-order chi connectivity index (χ1) is 8.65. The van der Waals surface area contributed by atoms with Gasteiger partial charge in [0.25, 0.3) is 0 Å². The summed E-state index contributed by atoms with van der Waals surface area (Å²) in [6, 6.07) is 5.81. The van der Waals surface area contributed by atoms with Gasteiger partial charge in [0.2, 0.25) is 0 Å². The highest BCUT2D eigenvalue weighted by molar-refractivity contribution is 5.92. The zero-order valence-electron chi connectivity index (χ0n) is 10.9. The molecule has 1 saturated carbocycles. The zero-order valence-corrected chi connectivity index (χ0v) is 10.9. The summed E-state index contributed by atoms with van der Waals surface area (Å²) in [6.07, 6.45) is 2.40. The summed E-state index contributed by atoms with van der Waals surface area (Å²) in [4.78, 5) is 11.5. The van der Waals surface area contributed by atoms with Gasteiger partial charge in [0, 0.05) is 6.04 Å². The van der Waals surface area contributed by atoms with Crippen molar-refractivity contribution in [1.29, 1.82) is 0 Å². The van der Waals surface area contributed by atoms with Crippen LogP contribution in [0.5, 0.6) is 0 Å². The van der Waals surface area contributed by atoms with Crippen molar-refractivity contribution in [2.45, 2.75) is 32.7 Å². The fraction of sp³-hybridized carbons (Fsp3) is 0.500. The highest BCUT2D eigenvalue weighted by Crippen LogP contribution is 2.37. The third-order valence-corrected chi connectivity index (χ3v) is 3.35. The molecule has 1 aliphatic rings. The second-order valence-electron chi connectivity index (χ2n) is 4.68. The molecule has 1 aliphatic carbocycles. The van der Waals surface area contributed by atoms with Gasteiger partial charge in [-0.05, 0) is 37.5 Å². The Morgan fingerprint density at radius 2 is 2.28 bits per heavy atom. The number of nitrogens with one attached hydrogen (secondary N) is 1. The largest absolute Gasteiger partial charge is 0.462 e. The lowest BCUT2D eigenvalue weighted by Gasteiger charge is -2.10. The first-order valence-corrected chi connectivity index (χ1v) is 6.48. The molecule has 4 nitrogen and oxygen atoms in total.